The van der Waals surface area contributed by atoms with Crippen LogP contribution in [0.1, 0.15) is 35.0 Å². The maximum absolute atomic E-state index is 12.0. The molecule has 0 aliphatic carbocycles. The molecule has 1 aromatic heterocycles. The van der Waals surface area contributed by atoms with Crippen molar-refractivity contribution in [3.8, 4) is 5.75 Å². The fourth-order valence-electron chi connectivity index (χ4n) is 1.85. The first-order valence-electron chi connectivity index (χ1n) is 6.26. The molecule has 0 unspecified atom stereocenters. The number of hydrogen-bond donors (Lipinski definition) is 3. The van der Waals surface area contributed by atoms with Crippen LogP contribution in [0.5, 0.6) is 5.75 Å². The number of phenols is 1. The molecule has 0 saturated heterocycles. The highest BCUT2D eigenvalue weighted by Gasteiger charge is 2.13. The summed E-state index contributed by atoms with van der Waals surface area (Å²) in [5.74, 6) is 0.106. The van der Waals surface area contributed by atoms with Gasteiger partial charge in [-0.2, -0.15) is 5.10 Å². The van der Waals surface area contributed by atoms with Crippen LogP contribution < -0.4 is 5.32 Å². The van der Waals surface area contributed by atoms with E-state index in [2.05, 4.69) is 22.4 Å². The van der Waals surface area contributed by atoms with Crippen LogP contribution in [-0.2, 0) is 6.42 Å². The monoisotopic (exact) mass is 259 g/mol. The first kappa shape index (κ1) is 13.1. The minimum atomic E-state index is -0.365. The number of aromatic amines is 1. The Balaban J connectivity index is 2.14. The number of aromatic hydroxyl groups is 1. The quantitative estimate of drug-likeness (QED) is 0.789. The van der Waals surface area contributed by atoms with Crippen LogP contribution in [0.4, 0.5) is 5.82 Å². The molecule has 0 aliphatic heterocycles. The predicted molar refractivity (Wildman–Crippen MR) is 73.4 cm³/mol. The van der Waals surface area contributed by atoms with Crippen LogP contribution in [0.3, 0.4) is 0 Å². The summed E-state index contributed by atoms with van der Waals surface area (Å²) in [5, 5.41) is 19.4. The Bertz CT molecular complexity index is 590. The van der Waals surface area contributed by atoms with E-state index in [9.17, 15) is 9.90 Å². The summed E-state index contributed by atoms with van der Waals surface area (Å²) in [6.45, 7) is 3.82. The summed E-state index contributed by atoms with van der Waals surface area (Å²) >= 11 is 0. The number of hydrogen-bond acceptors (Lipinski definition) is 3. The standard InChI is InChI=1S/C14H17N3O2/c1-3-5-10-8-12(17-16-10)15-14(19)11-7-4-6-9(2)13(11)18/h4,6-8,18H,3,5H2,1-2H3,(H2,15,16,17,19). The maximum Gasteiger partial charge on any atom is 0.260 e. The average molecular weight is 259 g/mol. The fraction of sp³-hybridized carbons (Fsp3) is 0.286. The summed E-state index contributed by atoms with van der Waals surface area (Å²) in [4.78, 5) is 12.0. The number of anilines is 1. The van der Waals surface area contributed by atoms with Crippen molar-refractivity contribution in [2.24, 2.45) is 0 Å². The molecule has 0 atom stereocenters. The molecule has 0 spiro atoms. The zero-order valence-corrected chi connectivity index (χ0v) is 11.0. The average Bonchev–Trinajstić information content (AvgIpc) is 2.80. The molecule has 1 heterocycles. The largest absolute Gasteiger partial charge is 0.507 e. The van der Waals surface area contributed by atoms with Gasteiger partial charge in [-0.15, -0.1) is 0 Å². The highest BCUT2D eigenvalue weighted by atomic mass is 16.3. The Labute approximate surface area is 111 Å². The molecule has 3 N–H and O–H groups in total. The van der Waals surface area contributed by atoms with Crippen molar-refractivity contribution in [2.75, 3.05) is 5.32 Å². The molecule has 0 radical (unpaired) electrons. The lowest BCUT2D eigenvalue weighted by Crippen LogP contribution is -2.12. The number of aromatic nitrogens is 2. The molecule has 0 fully saturated rings. The first-order chi connectivity index (χ1) is 9.11. The molecule has 0 aliphatic rings. The van der Waals surface area contributed by atoms with Gasteiger partial charge in [0.1, 0.15) is 5.75 Å². The van der Waals surface area contributed by atoms with Crippen LogP contribution >= 0.6 is 0 Å². The predicted octanol–water partition coefficient (Wildman–Crippen LogP) is 2.63. The van der Waals surface area contributed by atoms with Gasteiger partial charge in [0, 0.05) is 11.8 Å². The van der Waals surface area contributed by atoms with Gasteiger partial charge >= 0.3 is 0 Å². The molecule has 100 valence electrons. The molecular formula is C14H17N3O2. The second kappa shape index (κ2) is 5.56. The van der Waals surface area contributed by atoms with E-state index in [1.165, 1.54) is 0 Å². The van der Waals surface area contributed by atoms with Crippen LogP contribution in [-0.4, -0.2) is 21.2 Å². The second-order valence-corrected chi connectivity index (χ2v) is 4.45. The third kappa shape index (κ3) is 2.93. The number of amides is 1. The number of nitrogens with zero attached hydrogens (tertiary/aromatic N) is 1. The molecule has 1 amide bonds. The molecule has 19 heavy (non-hydrogen) atoms. The summed E-state index contributed by atoms with van der Waals surface area (Å²) < 4.78 is 0. The van der Waals surface area contributed by atoms with Crippen molar-refractivity contribution >= 4 is 11.7 Å². The van der Waals surface area contributed by atoms with Crippen molar-refractivity contribution in [3.63, 3.8) is 0 Å². The molecule has 2 aromatic rings. The van der Waals surface area contributed by atoms with Gasteiger partial charge in [-0.1, -0.05) is 25.5 Å². The van der Waals surface area contributed by atoms with Gasteiger partial charge in [-0.25, -0.2) is 0 Å². The van der Waals surface area contributed by atoms with E-state index in [1.807, 2.05) is 0 Å². The highest BCUT2D eigenvalue weighted by Crippen LogP contribution is 2.22. The highest BCUT2D eigenvalue weighted by molar-refractivity contribution is 6.05. The molecule has 0 saturated carbocycles. The van der Waals surface area contributed by atoms with E-state index in [0.717, 1.165) is 18.5 Å². The maximum atomic E-state index is 12.0. The van der Waals surface area contributed by atoms with E-state index in [4.69, 9.17) is 0 Å². The summed E-state index contributed by atoms with van der Waals surface area (Å²) in [7, 11) is 0. The number of H-pyrrole nitrogens is 1. The van der Waals surface area contributed by atoms with Gasteiger partial charge in [0.05, 0.1) is 5.56 Å². The lowest BCUT2D eigenvalue weighted by Gasteiger charge is -2.06. The van der Waals surface area contributed by atoms with Crippen LogP contribution in [0.25, 0.3) is 0 Å². The van der Waals surface area contributed by atoms with Crippen LogP contribution in [0.15, 0.2) is 24.3 Å². The molecule has 1 aromatic carbocycles. The third-order valence-corrected chi connectivity index (χ3v) is 2.87. The van der Waals surface area contributed by atoms with Gasteiger partial charge in [0.25, 0.3) is 5.91 Å². The van der Waals surface area contributed by atoms with Crippen molar-refractivity contribution in [1.29, 1.82) is 0 Å². The van der Waals surface area contributed by atoms with Crippen LogP contribution in [0, 0.1) is 6.92 Å². The van der Waals surface area contributed by atoms with Crippen molar-refractivity contribution in [1.82, 2.24) is 10.2 Å². The van der Waals surface area contributed by atoms with E-state index in [1.54, 1.807) is 31.2 Å². The summed E-state index contributed by atoms with van der Waals surface area (Å²) in [6, 6.07) is 6.86. The summed E-state index contributed by atoms with van der Waals surface area (Å²) in [5.41, 5.74) is 1.90. The normalized spacial score (nSPS) is 10.4. The van der Waals surface area contributed by atoms with Crippen LogP contribution in [0.2, 0.25) is 0 Å². The Kier molecular flexibility index (Phi) is 3.85. The van der Waals surface area contributed by atoms with E-state index < -0.39 is 0 Å². The number of para-hydroxylation sites is 1. The Morgan fingerprint density at radius 2 is 2.26 bits per heavy atom. The Hall–Kier alpha value is -2.30. The molecule has 5 heteroatoms. The van der Waals surface area contributed by atoms with Gasteiger partial charge < -0.3 is 10.4 Å². The first-order valence-corrected chi connectivity index (χ1v) is 6.26. The van der Waals surface area contributed by atoms with Gasteiger partial charge in [-0.3, -0.25) is 9.89 Å². The Morgan fingerprint density at radius 3 is 3.00 bits per heavy atom. The van der Waals surface area contributed by atoms with E-state index in [0.29, 0.717) is 11.4 Å². The number of aryl methyl sites for hydroxylation is 2. The smallest absolute Gasteiger partial charge is 0.260 e. The van der Waals surface area contributed by atoms with Gasteiger partial charge in [0.2, 0.25) is 0 Å². The number of carbonyl (C=O) groups is 1. The minimum absolute atomic E-state index is 0.00400. The van der Waals surface area contributed by atoms with Gasteiger partial charge in [-0.05, 0) is 25.0 Å². The number of phenolic OH excluding ortho intramolecular Hbond substituents is 1. The molecule has 2 rings (SSSR count). The van der Waals surface area contributed by atoms with Crippen molar-refractivity contribution in [2.45, 2.75) is 26.7 Å². The lowest BCUT2D eigenvalue weighted by atomic mass is 10.1. The number of benzene rings is 1. The van der Waals surface area contributed by atoms with Crippen molar-refractivity contribution < 1.29 is 9.90 Å². The summed E-state index contributed by atoms with van der Waals surface area (Å²) in [6.07, 6.45) is 1.90. The third-order valence-electron chi connectivity index (χ3n) is 2.87. The topological polar surface area (TPSA) is 78.0 Å². The van der Waals surface area contributed by atoms with E-state index in [-0.39, 0.29) is 17.2 Å². The minimum Gasteiger partial charge on any atom is -0.507 e. The number of nitrogens with one attached hydrogen (secondary N) is 2. The number of carbonyl (C=O) groups excluding carboxylic acids is 1. The number of rotatable bonds is 4. The van der Waals surface area contributed by atoms with Crippen molar-refractivity contribution in [3.05, 3.63) is 41.1 Å². The molecule has 5 nitrogen and oxygen atoms in total. The zero-order valence-electron chi connectivity index (χ0n) is 11.0. The second-order valence-electron chi connectivity index (χ2n) is 4.45. The lowest BCUT2D eigenvalue weighted by molar-refractivity contribution is 0.102. The fourth-order valence-corrected chi connectivity index (χ4v) is 1.85. The van der Waals surface area contributed by atoms with Gasteiger partial charge in [0.15, 0.2) is 5.82 Å². The Morgan fingerprint density at radius 1 is 1.47 bits per heavy atom. The van der Waals surface area contributed by atoms with E-state index >= 15 is 0 Å². The SMILES string of the molecule is CCCc1cc(NC(=O)c2cccc(C)c2O)n[nH]1. The molecule has 0 bridgehead atoms. The molecular weight excluding hydrogens is 242 g/mol. The zero-order chi connectivity index (χ0) is 13.8.